The van der Waals surface area contributed by atoms with Crippen LogP contribution in [0.25, 0.3) is 0 Å². The first-order chi connectivity index (χ1) is 8.42. The maximum atomic E-state index is 4.47. The Morgan fingerprint density at radius 1 is 1.12 bits per heavy atom. The molecule has 0 radical (unpaired) electrons. The third-order valence-electron chi connectivity index (χ3n) is 2.66. The first kappa shape index (κ1) is 10.1. The van der Waals surface area contributed by atoms with Gasteiger partial charge in [-0.3, -0.25) is 0 Å². The number of aromatic nitrogens is 4. The Morgan fingerprint density at radius 3 is 2.71 bits per heavy atom. The van der Waals surface area contributed by atoms with Crippen molar-refractivity contribution in [2.75, 3.05) is 5.32 Å². The molecule has 1 fully saturated rings. The van der Waals surface area contributed by atoms with Gasteiger partial charge in [0.2, 0.25) is 0 Å². The van der Waals surface area contributed by atoms with Crippen molar-refractivity contribution < 1.29 is 0 Å². The maximum Gasteiger partial charge on any atom is 0.147 e. The number of anilines is 1. The molecule has 5 heteroatoms. The molecule has 2 aromatic heterocycles. The van der Waals surface area contributed by atoms with Crippen LogP contribution in [-0.4, -0.2) is 19.9 Å². The highest BCUT2D eigenvalue weighted by Gasteiger charge is 2.26. The van der Waals surface area contributed by atoms with Crippen LogP contribution in [0.4, 0.5) is 5.82 Å². The molecule has 0 aromatic carbocycles. The molecule has 2 heterocycles. The lowest BCUT2D eigenvalue weighted by molar-refractivity contribution is 0.901. The molecule has 0 amide bonds. The second-order valence-corrected chi connectivity index (χ2v) is 4.09. The van der Waals surface area contributed by atoms with E-state index in [4.69, 9.17) is 0 Å². The van der Waals surface area contributed by atoms with Gasteiger partial charge >= 0.3 is 0 Å². The van der Waals surface area contributed by atoms with Crippen LogP contribution in [0.2, 0.25) is 0 Å². The highest BCUT2D eigenvalue weighted by Crippen LogP contribution is 2.37. The van der Waals surface area contributed by atoms with E-state index in [0.29, 0.717) is 12.5 Å². The number of hydrogen-bond acceptors (Lipinski definition) is 5. The molecule has 1 aliphatic rings. The topological polar surface area (TPSA) is 63.6 Å². The average Bonchev–Trinajstić information content (AvgIpc) is 3.22. The molecular weight excluding hydrogens is 214 g/mol. The SMILES string of the molecule is c1cnc(CNc2ccnc(C3CC3)n2)nc1. The predicted octanol–water partition coefficient (Wildman–Crippen LogP) is 1.76. The zero-order valence-corrected chi connectivity index (χ0v) is 9.37. The van der Waals surface area contributed by atoms with E-state index >= 15 is 0 Å². The van der Waals surface area contributed by atoms with E-state index in [1.54, 1.807) is 24.7 Å². The fourth-order valence-electron chi connectivity index (χ4n) is 1.60. The molecule has 86 valence electrons. The summed E-state index contributed by atoms with van der Waals surface area (Å²) in [5.41, 5.74) is 0. The van der Waals surface area contributed by atoms with Crippen LogP contribution in [0.5, 0.6) is 0 Å². The normalized spacial score (nSPS) is 14.6. The maximum absolute atomic E-state index is 4.47. The minimum Gasteiger partial charge on any atom is -0.363 e. The van der Waals surface area contributed by atoms with E-state index < -0.39 is 0 Å². The first-order valence-electron chi connectivity index (χ1n) is 5.74. The van der Waals surface area contributed by atoms with Crippen molar-refractivity contribution in [3.63, 3.8) is 0 Å². The lowest BCUT2D eigenvalue weighted by atomic mass is 10.4. The predicted molar refractivity (Wildman–Crippen MR) is 63.4 cm³/mol. The zero-order chi connectivity index (χ0) is 11.5. The highest BCUT2D eigenvalue weighted by atomic mass is 15.1. The van der Waals surface area contributed by atoms with Crippen LogP contribution >= 0.6 is 0 Å². The van der Waals surface area contributed by atoms with E-state index in [9.17, 15) is 0 Å². The second kappa shape index (κ2) is 4.45. The van der Waals surface area contributed by atoms with Gasteiger partial charge in [-0.15, -0.1) is 0 Å². The van der Waals surface area contributed by atoms with E-state index in [0.717, 1.165) is 17.5 Å². The van der Waals surface area contributed by atoms with E-state index in [2.05, 4.69) is 25.3 Å². The van der Waals surface area contributed by atoms with Crippen LogP contribution in [0, 0.1) is 0 Å². The standard InChI is InChI=1S/C12H13N5/c1-5-13-11(14-6-1)8-16-10-4-7-15-12(17-10)9-2-3-9/h1,4-7,9H,2-3,8H2,(H,15,16,17). The van der Waals surface area contributed by atoms with Gasteiger partial charge in [-0.05, 0) is 25.0 Å². The molecule has 1 saturated carbocycles. The number of nitrogens with one attached hydrogen (secondary N) is 1. The summed E-state index contributed by atoms with van der Waals surface area (Å²) < 4.78 is 0. The van der Waals surface area contributed by atoms with Crippen molar-refractivity contribution in [2.45, 2.75) is 25.3 Å². The third kappa shape index (κ3) is 2.55. The van der Waals surface area contributed by atoms with Gasteiger partial charge in [-0.1, -0.05) is 0 Å². The first-order valence-corrected chi connectivity index (χ1v) is 5.74. The summed E-state index contributed by atoms with van der Waals surface area (Å²) in [7, 11) is 0. The Balaban J connectivity index is 1.66. The van der Waals surface area contributed by atoms with Gasteiger partial charge in [0.1, 0.15) is 17.5 Å². The van der Waals surface area contributed by atoms with Crippen molar-refractivity contribution in [2.24, 2.45) is 0 Å². The van der Waals surface area contributed by atoms with Crippen molar-refractivity contribution in [1.82, 2.24) is 19.9 Å². The molecule has 0 saturated heterocycles. The molecule has 0 bridgehead atoms. The van der Waals surface area contributed by atoms with Gasteiger partial charge in [0.15, 0.2) is 0 Å². The summed E-state index contributed by atoms with van der Waals surface area (Å²) >= 11 is 0. The Morgan fingerprint density at radius 2 is 1.94 bits per heavy atom. The molecule has 0 atom stereocenters. The minimum atomic E-state index is 0.574. The van der Waals surface area contributed by atoms with Crippen LogP contribution in [0.3, 0.4) is 0 Å². The Labute approximate surface area is 99.4 Å². The molecule has 1 N–H and O–H groups in total. The molecule has 0 aliphatic heterocycles. The fourth-order valence-corrected chi connectivity index (χ4v) is 1.60. The van der Waals surface area contributed by atoms with Gasteiger partial charge < -0.3 is 5.32 Å². The largest absolute Gasteiger partial charge is 0.363 e. The highest BCUT2D eigenvalue weighted by molar-refractivity contribution is 5.34. The zero-order valence-electron chi connectivity index (χ0n) is 9.37. The summed E-state index contributed by atoms with van der Waals surface area (Å²) in [4.78, 5) is 17.0. The number of rotatable bonds is 4. The van der Waals surface area contributed by atoms with Crippen LogP contribution in [0.1, 0.15) is 30.4 Å². The number of nitrogens with zero attached hydrogens (tertiary/aromatic N) is 4. The summed E-state index contributed by atoms with van der Waals surface area (Å²) in [5, 5.41) is 3.21. The summed E-state index contributed by atoms with van der Waals surface area (Å²) in [5.74, 6) is 3.13. The van der Waals surface area contributed by atoms with E-state index in [1.807, 2.05) is 6.07 Å². The summed E-state index contributed by atoms with van der Waals surface area (Å²) in [6, 6.07) is 3.67. The molecular formula is C12H13N5. The molecule has 1 aliphatic carbocycles. The van der Waals surface area contributed by atoms with Crippen LogP contribution < -0.4 is 5.32 Å². The second-order valence-electron chi connectivity index (χ2n) is 4.09. The van der Waals surface area contributed by atoms with Gasteiger partial charge in [0.25, 0.3) is 0 Å². The van der Waals surface area contributed by atoms with Crippen LogP contribution in [0.15, 0.2) is 30.7 Å². The van der Waals surface area contributed by atoms with E-state index in [1.165, 1.54) is 12.8 Å². The molecule has 17 heavy (non-hydrogen) atoms. The van der Waals surface area contributed by atoms with Crippen molar-refractivity contribution >= 4 is 5.82 Å². The quantitative estimate of drug-likeness (QED) is 0.862. The van der Waals surface area contributed by atoms with Crippen molar-refractivity contribution in [3.05, 3.63) is 42.4 Å². The molecule has 0 spiro atoms. The van der Waals surface area contributed by atoms with Crippen LogP contribution in [-0.2, 0) is 6.54 Å². The van der Waals surface area contributed by atoms with Crippen molar-refractivity contribution in [1.29, 1.82) is 0 Å². The van der Waals surface area contributed by atoms with Gasteiger partial charge in [0, 0.05) is 24.5 Å². The number of hydrogen-bond donors (Lipinski definition) is 1. The third-order valence-corrected chi connectivity index (χ3v) is 2.66. The molecule has 2 aromatic rings. The monoisotopic (exact) mass is 227 g/mol. The smallest absolute Gasteiger partial charge is 0.147 e. The van der Waals surface area contributed by atoms with Crippen molar-refractivity contribution in [3.8, 4) is 0 Å². The average molecular weight is 227 g/mol. The fraction of sp³-hybridized carbons (Fsp3) is 0.333. The lowest BCUT2D eigenvalue weighted by Gasteiger charge is -2.05. The lowest BCUT2D eigenvalue weighted by Crippen LogP contribution is -2.06. The van der Waals surface area contributed by atoms with E-state index in [-0.39, 0.29) is 0 Å². The van der Waals surface area contributed by atoms with Gasteiger partial charge in [-0.25, -0.2) is 19.9 Å². The molecule has 3 rings (SSSR count). The minimum absolute atomic E-state index is 0.574. The van der Waals surface area contributed by atoms with Gasteiger partial charge in [0.05, 0.1) is 6.54 Å². The Hall–Kier alpha value is -2.04. The molecule has 0 unspecified atom stereocenters. The summed E-state index contributed by atoms with van der Waals surface area (Å²) in [6.45, 7) is 0.585. The summed E-state index contributed by atoms with van der Waals surface area (Å²) in [6.07, 6.45) is 7.70. The van der Waals surface area contributed by atoms with Gasteiger partial charge in [-0.2, -0.15) is 0 Å². The Kier molecular flexibility index (Phi) is 2.65. The molecule has 5 nitrogen and oxygen atoms in total. The Bertz CT molecular complexity index is 495.